The maximum absolute atomic E-state index is 12.8. The highest BCUT2D eigenvalue weighted by molar-refractivity contribution is 6.05. The lowest BCUT2D eigenvalue weighted by Gasteiger charge is -2.12. The number of carbonyl (C=O) groups is 2. The third-order valence-corrected chi connectivity index (χ3v) is 4.41. The van der Waals surface area contributed by atoms with E-state index >= 15 is 0 Å². The Kier molecular flexibility index (Phi) is 6.95. The van der Waals surface area contributed by atoms with E-state index in [0.717, 1.165) is 16.7 Å². The predicted molar refractivity (Wildman–Crippen MR) is 116 cm³/mol. The number of amides is 2. The molecule has 3 aromatic rings. The van der Waals surface area contributed by atoms with E-state index in [1.54, 1.807) is 55.9 Å². The SMILES string of the molecule is COc1ccc(C=C(NC(=O)c2ccc(C)cc2)C(=O)NCc2cccnc2)cc1. The summed E-state index contributed by atoms with van der Waals surface area (Å²) in [4.78, 5) is 29.5. The van der Waals surface area contributed by atoms with Gasteiger partial charge in [0, 0.05) is 24.5 Å². The lowest BCUT2D eigenvalue weighted by molar-refractivity contribution is -0.117. The summed E-state index contributed by atoms with van der Waals surface area (Å²) in [6.07, 6.45) is 4.98. The van der Waals surface area contributed by atoms with Crippen LogP contribution in [-0.2, 0) is 11.3 Å². The monoisotopic (exact) mass is 401 g/mol. The smallest absolute Gasteiger partial charge is 0.268 e. The van der Waals surface area contributed by atoms with E-state index in [4.69, 9.17) is 4.74 Å². The molecule has 0 atom stereocenters. The number of ether oxygens (including phenoxy) is 1. The zero-order valence-corrected chi connectivity index (χ0v) is 16.9. The minimum absolute atomic E-state index is 0.148. The molecule has 2 amide bonds. The van der Waals surface area contributed by atoms with Crippen LogP contribution >= 0.6 is 0 Å². The van der Waals surface area contributed by atoms with Crippen molar-refractivity contribution in [2.24, 2.45) is 0 Å². The van der Waals surface area contributed by atoms with Crippen molar-refractivity contribution in [1.29, 1.82) is 0 Å². The van der Waals surface area contributed by atoms with Crippen LogP contribution in [0.25, 0.3) is 6.08 Å². The summed E-state index contributed by atoms with van der Waals surface area (Å²) in [6, 6.07) is 18.0. The second-order valence-electron chi connectivity index (χ2n) is 6.70. The van der Waals surface area contributed by atoms with Gasteiger partial charge in [-0.2, -0.15) is 0 Å². The molecule has 1 heterocycles. The summed E-state index contributed by atoms with van der Waals surface area (Å²) in [7, 11) is 1.59. The number of methoxy groups -OCH3 is 1. The molecule has 152 valence electrons. The van der Waals surface area contributed by atoms with Gasteiger partial charge in [-0.25, -0.2) is 0 Å². The molecule has 0 saturated heterocycles. The third kappa shape index (κ3) is 5.78. The van der Waals surface area contributed by atoms with E-state index in [-0.39, 0.29) is 11.6 Å². The second-order valence-corrected chi connectivity index (χ2v) is 6.70. The number of benzene rings is 2. The highest BCUT2D eigenvalue weighted by atomic mass is 16.5. The first kappa shape index (κ1) is 20.8. The Balaban J connectivity index is 1.81. The number of rotatable bonds is 7. The average molecular weight is 401 g/mol. The Morgan fingerprint density at radius 1 is 1.03 bits per heavy atom. The number of hydrogen-bond donors (Lipinski definition) is 2. The largest absolute Gasteiger partial charge is 0.497 e. The Labute approximate surface area is 175 Å². The molecule has 30 heavy (non-hydrogen) atoms. The van der Waals surface area contributed by atoms with E-state index in [1.807, 2.05) is 37.3 Å². The number of carbonyl (C=O) groups excluding carboxylic acids is 2. The summed E-state index contributed by atoms with van der Waals surface area (Å²) in [5.74, 6) is -0.0418. The molecule has 0 bridgehead atoms. The van der Waals surface area contributed by atoms with Gasteiger partial charge in [-0.15, -0.1) is 0 Å². The van der Waals surface area contributed by atoms with E-state index < -0.39 is 5.91 Å². The van der Waals surface area contributed by atoms with Crippen molar-refractivity contribution in [3.8, 4) is 5.75 Å². The van der Waals surface area contributed by atoms with E-state index in [1.165, 1.54) is 0 Å². The molecule has 1 aromatic heterocycles. The third-order valence-electron chi connectivity index (χ3n) is 4.41. The van der Waals surface area contributed by atoms with Crippen LogP contribution in [-0.4, -0.2) is 23.9 Å². The van der Waals surface area contributed by atoms with Crippen molar-refractivity contribution in [3.05, 3.63) is 101 Å². The molecule has 2 N–H and O–H groups in total. The zero-order chi connectivity index (χ0) is 21.3. The quantitative estimate of drug-likeness (QED) is 0.594. The van der Waals surface area contributed by atoms with Crippen LogP contribution in [0.1, 0.15) is 27.0 Å². The molecule has 0 spiro atoms. The summed E-state index contributed by atoms with van der Waals surface area (Å²) in [5.41, 5.74) is 3.29. The minimum atomic E-state index is -0.393. The number of aromatic nitrogens is 1. The van der Waals surface area contributed by atoms with Gasteiger partial charge in [-0.1, -0.05) is 35.9 Å². The minimum Gasteiger partial charge on any atom is -0.497 e. The van der Waals surface area contributed by atoms with Gasteiger partial charge in [0.05, 0.1) is 7.11 Å². The van der Waals surface area contributed by atoms with Gasteiger partial charge in [-0.3, -0.25) is 14.6 Å². The lowest BCUT2D eigenvalue weighted by Crippen LogP contribution is -2.34. The first-order valence-corrected chi connectivity index (χ1v) is 9.46. The van der Waals surface area contributed by atoms with Gasteiger partial charge in [0.25, 0.3) is 11.8 Å². The van der Waals surface area contributed by atoms with Gasteiger partial charge in [-0.05, 0) is 54.5 Å². The Morgan fingerprint density at radius 3 is 2.40 bits per heavy atom. The number of hydrogen-bond acceptors (Lipinski definition) is 4. The summed E-state index contributed by atoms with van der Waals surface area (Å²) >= 11 is 0. The van der Waals surface area contributed by atoms with E-state index in [9.17, 15) is 9.59 Å². The normalized spacial score (nSPS) is 10.9. The molecule has 6 heteroatoms. The molecule has 0 radical (unpaired) electrons. The molecule has 0 fully saturated rings. The van der Waals surface area contributed by atoms with Crippen molar-refractivity contribution in [2.75, 3.05) is 7.11 Å². The van der Waals surface area contributed by atoms with E-state index in [2.05, 4.69) is 15.6 Å². The molecule has 3 rings (SSSR count). The Morgan fingerprint density at radius 2 is 1.77 bits per heavy atom. The number of nitrogens with one attached hydrogen (secondary N) is 2. The van der Waals surface area contributed by atoms with Gasteiger partial charge in [0.15, 0.2) is 0 Å². The second kappa shape index (κ2) is 10.0. The van der Waals surface area contributed by atoms with Crippen LogP contribution < -0.4 is 15.4 Å². The Hall–Kier alpha value is -3.93. The van der Waals surface area contributed by atoms with Crippen LogP contribution in [0.4, 0.5) is 0 Å². The lowest BCUT2D eigenvalue weighted by atomic mass is 10.1. The molecule has 0 aliphatic carbocycles. The topological polar surface area (TPSA) is 80.3 Å². The highest BCUT2D eigenvalue weighted by Crippen LogP contribution is 2.14. The first-order chi connectivity index (χ1) is 14.5. The standard InChI is InChI=1S/C24H23N3O3/c1-17-5-9-20(10-6-17)23(28)27-22(14-18-7-11-21(30-2)12-8-18)24(29)26-16-19-4-3-13-25-15-19/h3-15H,16H2,1-2H3,(H,26,29)(H,27,28). The molecular weight excluding hydrogens is 378 g/mol. The van der Waals surface area contributed by atoms with Crippen molar-refractivity contribution >= 4 is 17.9 Å². The van der Waals surface area contributed by atoms with Crippen molar-refractivity contribution in [2.45, 2.75) is 13.5 Å². The van der Waals surface area contributed by atoms with Gasteiger partial charge in [0.2, 0.25) is 0 Å². The number of pyridine rings is 1. The maximum atomic E-state index is 12.8. The first-order valence-electron chi connectivity index (χ1n) is 9.46. The highest BCUT2D eigenvalue weighted by Gasteiger charge is 2.14. The van der Waals surface area contributed by atoms with E-state index in [0.29, 0.717) is 17.9 Å². The number of aryl methyl sites for hydroxylation is 1. The predicted octanol–water partition coefficient (Wildman–Crippen LogP) is 3.49. The molecule has 0 saturated carbocycles. The molecule has 0 aliphatic rings. The maximum Gasteiger partial charge on any atom is 0.268 e. The van der Waals surface area contributed by atoms with Crippen LogP contribution in [0.15, 0.2) is 78.8 Å². The molecular formula is C24H23N3O3. The van der Waals surface area contributed by atoms with Gasteiger partial charge < -0.3 is 15.4 Å². The van der Waals surface area contributed by atoms with Crippen molar-refractivity contribution in [3.63, 3.8) is 0 Å². The Bertz CT molecular complexity index is 1030. The van der Waals surface area contributed by atoms with Gasteiger partial charge >= 0.3 is 0 Å². The number of nitrogens with zero attached hydrogens (tertiary/aromatic N) is 1. The fraction of sp³-hybridized carbons (Fsp3) is 0.125. The summed E-state index contributed by atoms with van der Waals surface area (Å²) in [6.45, 7) is 2.25. The molecule has 2 aromatic carbocycles. The van der Waals surface area contributed by atoms with Gasteiger partial charge in [0.1, 0.15) is 11.4 Å². The molecule has 0 aliphatic heterocycles. The van der Waals surface area contributed by atoms with Crippen LogP contribution in [0, 0.1) is 6.92 Å². The molecule has 0 unspecified atom stereocenters. The summed E-state index contributed by atoms with van der Waals surface area (Å²) < 4.78 is 5.17. The van der Waals surface area contributed by atoms with Crippen LogP contribution in [0.3, 0.4) is 0 Å². The van der Waals surface area contributed by atoms with Crippen molar-refractivity contribution in [1.82, 2.24) is 15.6 Å². The molecule has 6 nitrogen and oxygen atoms in total. The summed E-state index contributed by atoms with van der Waals surface area (Å²) in [5, 5.41) is 5.55. The fourth-order valence-electron chi connectivity index (χ4n) is 2.70. The average Bonchev–Trinajstić information content (AvgIpc) is 2.78. The fourth-order valence-corrected chi connectivity index (χ4v) is 2.70. The van der Waals surface area contributed by atoms with Crippen molar-refractivity contribution < 1.29 is 14.3 Å². The zero-order valence-electron chi connectivity index (χ0n) is 16.9. The van der Waals surface area contributed by atoms with Crippen LogP contribution in [0.2, 0.25) is 0 Å². The van der Waals surface area contributed by atoms with Crippen LogP contribution in [0.5, 0.6) is 5.75 Å².